The van der Waals surface area contributed by atoms with Gasteiger partial charge in [-0.1, -0.05) is 207 Å². The van der Waals surface area contributed by atoms with Crippen molar-refractivity contribution in [2.75, 3.05) is 4.90 Å². The van der Waals surface area contributed by atoms with E-state index in [9.17, 15) is 0 Å². The van der Waals surface area contributed by atoms with Crippen molar-refractivity contribution >= 4 is 54.6 Å². The van der Waals surface area contributed by atoms with E-state index in [4.69, 9.17) is 0 Å². The zero-order chi connectivity index (χ0) is 45.2. The van der Waals surface area contributed by atoms with Gasteiger partial charge < -0.3 is 4.90 Å². The average molecular weight is 892 g/mol. The average Bonchev–Trinajstić information content (AvgIpc) is 3.93. The zero-order valence-electron chi connectivity index (χ0n) is 38.5. The minimum Gasteiger partial charge on any atom is -0.309 e. The predicted octanol–water partition coefficient (Wildman–Crippen LogP) is 18.9. The molecule has 2 heteroatoms. The van der Waals surface area contributed by atoms with Crippen LogP contribution in [-0.4, -0.2) is 0 Å². The summed E-state index contributed by atoms with van der Waals surface area (Å²) in [5.41, 5.74) is 20.5. The van der Waals surface area contributed by atoms with E-state index in [1.165, 1.54) is 136 Å². The van der Waals surface area contributed by atoms with Gasteiger partial charge in [-0.05, 0) is 124 Å². The van der Waals surface area contributed by atoms with Crippen LogP contribution in [0, 0.1) is 5.92 Å². The molecular formula is C66H53NS. The molecular weight excluding hydrogens is 839 g/mol. The molecule has 0 bridgehead atoms. The van der Waals surface area contributed by atoms with E-state index in [2.05, 4.69) is 230 Å². The topological polar surface area (TPSA) is 3.24 Å². The Hall–Kier alpha value is -7.26. The molecule has 1 heterocycles. The standard InChI is InChI=1S/C66H53NS/c1-66(47-24-6-3-7-25-47)58-35-12-8-29-57(58)64-50(31-19-36-59(64)66)45-40-42-48(43-41-45)67(61-38-14-10-27-52(61)55-33-18-34-56-53-28-11-15-39-62(53)68-65(55)56)60-37-13-9-26-51(60)54-32-17-23-46-22-16-30-49(63(46)54)44-20-4-2-5-21-44/h3,6-19,22-29,31-44,49H,2,4-5,20-21,30H2,1H3. The van der Waals surface area contributed by atoms with Gasteiger partial charge >= 0.3 is 0 Å². The molecule has 2 unspecified atom stereocenters. The first-order valence-corrected chi connectivity index (χ1v) is 25.5. The van der Waals surface area contributed by atoms with Crippen molar-refractivity contribution in [1.29, 1.82) is 0 Å². The summed E-state index contributed by atoms with van der Waals surface area (Å²) in [6, 6.07) is 77.6. The summed E-state index contributed by atoms with van der Waals surface area (Å²) in [4.78, 5) is 2.56. The lowest BCUT2D eigenvalue weighted by molar-refractivity contribution is 0.304. The highest BCUT2D eigenvalue weighted by Gasteiger charge is 2.41. The van der Waals surface area contributed by atoms with Crippen LogP contribution in [0.2, 0.25) is 0 Å². The van der Waals surface area contributed by atoms with Gasteiger partial charge in [0.1, 0.15) is 0 Å². The number of nitrogens with zero attached hydrogens (tertiary/aromatic N) is 1. The lowest BCUT2D eigenvalue weighted by Crippen LogP contribution is -2.22. The number of rotatable bonds is 8. The smallest absolute Gasteiger partial charge is 0.0540 e. The van der Waals surface area contributed by atoms with E-state index in [1.54, 1.807) is 0 Å². The fraction of sp³-hybridized carbons (Fsp3) is 0.152. The monoisotopic (exact) mass is 891 g/mol. The minimum absolute atomic E-state index is 0.257. The maximum absolute atomic E-state index is 2.56. The lowest BCUT2D eigenvalue weighted by atomic mass is 9.70. The fourth-order valence-corrected chi connectivity index (χ4v) is 13.8. The van der Waals surface area contributed by atoms with Gasteiger partial charge in [-0.2, -0.15) is 0 Å². The number of anilines is 3. The van der Waals surface area contributed by atoms with Gasteiger partial charge in [0.05, 0.1) is 11.4 Å². The van der Waals surface area contributed by atoms with E-state index >= 15 is 0 Å². The molecule has 0 N–H and O–H groups in total. The number of hydrogen-bond acceptors (Lipinski definition) is 2. The first-order chi connectivity index (χ1) is 33.6. The van der Waals surface area contributed by atoms with Crippen LogP contribution < -0.4 is 4.90 Å². The van der Waals surface area contributed by atoms with Gasteiger partial charge in [0.25, 0.3) is 0 Å². The Kier molecular flexibility index (Phi) is 10.1. The van der Waals surface area contributed by atoms with Crippen LogP contribution in [0.1, 0.15) is 79.2 Å². The Bertz CT molecular complexity index is 3550. The third-order valence-electron chi connectivity index (χ3n) is 15.8. The SMILES string of the molecule is CC1(c2ccccc2)c2ccccc2-c2c(-c3ccc(N(c4ccccc4-c4cccc5c4C(C4CCCCC4)CC=C5)c4ccccc4-c4cccc5c4sc4ccccc45)cc3)cccc21. The van der Waals surface area contributed by atoms with E-state index in [0.717, 1.165) is 12.1 Å². The second-order valence-corrected chi connectivity index (χ2v) is 20.5. The Morgan fingerprint density at radius 3 is 1.90 bits per heavy atom. The van der Waals surface area contributed by atoms with Crippen molar-refractivity contribution in [1.82, 2.24) is 0 Å². The Labute approximate surface area is 404 Å². The predicted molar refractivity (Wildman–Crippen MR) is 291 cm³/mol. The molecule has 0 aliphatic heterocycles. The van der Waals surface area contributed by atoms with E-state index in [1.807, 2.05) is 11.3 Å². The number of fused-ring (bicyclic) bond motifs is 7. The maximum atomic E-state index is 2.56. The van der Waals surface area contributed by atoms with Gasteiger partial charge in [-0.3, -0.25) is 0 Å². The molecule has 1 nitrogen and oxygen atoms in total. The van der Waals surface area contributed by atoms with Crippen LogP contribution in [0.3, 0.4) is 0 Å². The summed E-state index contributed by atoms with van der Waals surface area (Å²) < 4.78 is 2.64. The van der Waals surface area contributed by atoms with Gasteiger partial charge in [-0.25, -0.2) is 0 Å². The van der Waals surface area contributed by atoms with Crippen molar-refractivity contribution in [3.05, 3.63) is 240 Å². The first kappa shape index (κ1) is 41.0. The number of benzene rings is 9. The fourth-order valence-electron chi connectivity index (χ4n) is 12.6. The molecule has 0 radical (unpaired) electrons. The summed E-state index contributed by atoms with van der Waals surface area (Å²) in [7, 11) is 0. The zero-order valence-corrected chi connectivity index (χ0v) is 39.4. The molecule has 13 rings (SSSR count). The largest absolute Gasteiger partial charge is 0.309 e. The van der Waals surface area contributed by atoms with E-state index in [0.29, 0.717) is 11.8 Å². The molecule has 1 aromatic heterocycles. The molecule has 1 fully saturated rings. The first-order valence-electron chi connectivity index (χ1n) is 24.7. The number of hydrogen-bond donors (Lipinski definition) is 0. The second kappa shape index (κ2) is 16.8. The summed E-state index contributed by atoms with van der Waals surface area (Å²) in [5.74, 6) is 1.23. The normalized spacial score (nSPS) is 17.5. The van der Waals surface area contributed by atoms with E-state index in [-0.39, 0.29) is 5.41 Å². The molecule has 9 aromatic carbocycles. The highest BCUT2D eigenvalue weighted by molar-refractivity contribution is 7.26. The van der Waals surface area contributed by atoms with Crippen molar-refractivity contribution in [3.63, 3.8) is 0 Å². The minimum atomic E-state index is -0.257. The van der Waals surface area contributed by atoms with Crippen molar-refractivity contribution in [3.8, 4) is 44.5 Å². The van der Waals surface area contributed by atoms with Crippen molar-refractivity contribution in [2.24, 2.45) is 5.92 Å². The summed E-state index contributed by atoms with van der Waals surface area (Å²) in [6.07, 6.45) is 12.6. The van der Waals surface area contributed by atoms with Crippen molar-refractivity contribution < 1.29 is 0 Å². The Morgan fingerprint density at radius 2 is 1.09 bits per heavy atom. The number of para-hydroxylation sites is 2. The Morgan fingerprint density at radius 1 is 0.485 bits per heavy atom. The second-order valence-electron chi connectivity index (χ2n) is 19.4. The molecule has 10 aromatic rings. The van der Waals surface area contributed by atoms with Crippen LogP contribution in [-0.2, 0) is 5.41 Å². The van der Waals surface area contributed by atoms with Crippen LogP contribution in [0.15, 0.2) is 212 Å². The molecule has 0 saturated heterocycles. The van der Waals surface area contributed by atoms with Gasteiger partial charge in [0.2, 0.25) is 0 Å². The van der Waals surface area contributed by atoms with E-state index < -0.39 is 0 Å². The summed E-state index contributed by atoms with van der Waals surface area (Å²) in [5, 5.41) is 2.63. The summed E-state index contributed by atoms with van der Waals surface area (Å²) >= 11 is 1.90. The molecule has 68 heavy (non-hydrogen) atoms. The van der Waals surface area contributed by atoms with Crippen LogP contribution in [0.5, 0.6) is 0 Å². The van der Waals surface area contributed by atoms with Gasteiger partial charge in [0.15, 0.2) is 0 Å². The molecule has 1 saturated carbocycles. The maximum Gasteiger partial charge on any atom is 0.0540 e. The Balaban J connectivity index is 1.01. The molecule has 328 valence electrons. The number of thiophene rings is 1. The summed E-state index contributed by atoms with van der Waals surface area (Å²) in [6.45, 7) is 2.41. The highest BCUT2D eigenvalue weighted by atomic mass is 32.1. The quantitative estimate of drug-likeness (QED) is 0.147. The molecule has 0 amide bonds. The van der Waals surface area contributed by atoms with Crippen molar-refractivity contribution in [2.45, 2.75) is 56.8 Å². The molecule has 3 aliphatic rings. The van der Waals surface area contributed by atoms with Crippen LogP contribution in [0.25, 0.3) is 70.8 Å². The molecule has 3 aliphatic carbocycles. The third-order valence-corrected chi connectivity index (χ3v) is 17.0. The molecule has 2 atom stereocenters. The van der Waals surface area contributed by atoms with Gasteiger partial charge in [0, 0.05) is 48.0 Å². The third kappa shape index (κ3) is 6.56. The molecule has 0 spiro atoms. The van der Waals surface area contributed by atoms with Gasteiger partial charge in [-0.15, -0.1) is 11.3 Å². The van der Waals surface area contributed by atoms with Crippen LogP contribution >= 0.6 is 11.3 Å². The van der Waals surface area contributed by atoms with Crippen LogP contribution in [0.4, 0.5) is 17.1 Å². The lowest BCUT2D eigenvalue weighted by Gasteiger charge is -2.35. The number of allylic oxidation sites excluding steroid dienone is 1. The highest BCUT2D eigenvalue weighted by Crippen LogP contribution is 2.56.